The van der Waals surface area contributed by atoms with Gasteiger partial charge in [-0.25, -0.2) is 23.5 Å². The van der Waals surface area contributed by atoms with Crippen LogP contribution in [0.15, 0.2) is 83.8 Å². The lowest BCUT2D eigenvalue weighted by Gasteiger charge is -2.11. The molecule has 0 amide bonds. The monoisotopic (exact) mass is 474 g/mol. The van der Waals surface area contributed by atoms with Gasteiger partial charge in [-0.3, -0.25) is 0 Å². The number of aliphatic hydroxyl groups excluding tert-OH is 1. The molecule has 0 fully saturated rings. The van der Waals surface area contributed by atoms with Gasteiger partial charge in [0.05, 0.1) is 15.9 Å². The summed E-state index contributed by atoms with van der Waals surface area (Å²) < 4.78 is 31.1. The smallest absolute Gasteiger partial charge is 0.248 e. The number of pyridine rings is 1. The van der Waals surface area contributed by atoms with Crippen molar-refractivity contribution in [1.82, 2.24) is 14.5 Å². The second-order valence-electron chi connectivity index (χ2n) is 7.82. The number of fused-ring (bicyclic) bond motifs is 3. The van der Waals surface area contributed by atoms with Crippen LogP contribution in [0.4, 0.5) is 0 Å². The molecule has 0 saturated heterocycles. The summed E-state index contributed by atoms with van der Waals surface area (Å²) in [5, 5.41) is 16.2. The van der Waals surface area contributed by atoms with Crippen molar-refractivity contribution in [2.75, 3.05) is 0 Å². The molecule has 172 valence electrons. The minimum atomic E-state index is -3.74. The second kappa shape index (κ2) is 8.86. The molecule has 0 bridgehead atoms. The van der Waals surface area contributed by atoms with Crippen molar-refractivity contribution in [3.63, 3.8) is 0 Å². The Morgan fingerprint density at radius 2 is 1.62 bits per heavy atom. The zero-order valence-corrected chi connectivity index (χ0v) is 18.9. The molecule has 0 aliphatic heterocycles. The number of para-hydroxylation sites is 2. The maximum atomic E-state index is 11.5. The summed E-state index contributed by atoms with van der Waals surface area (Å²) in [6.07, 6.45) is 0.592. The van der Waals surface area contributed by atoms with E-state index in [1.165, 1.54) is 12.1 Å². The summed E-state index contributed by atoms with van der Waals surface area (Å²) in [5.74, 6) is 1.50. The Morgan fingerprint density at radius 1 is 0.912 bits per heavy atom. The Morgan fingerprint density at radius 3 is 2.32 bits per heavy atom. The number of benzene rings is 3. The van der Waals surface area contributed by atoms with Crippen LogP contribution < -0.4 is 9.88 Å². The Bertz CT molecular complexity index is 1580. The number of hydrogen-bond donors (Lipinski definition) is 2. The molecule has 5 rings (SSSR count). The molecule has 0 saturated carbocycles. The number of nitrogens with two attached hydrogens (primary N) is 1. The molecule has 0 unspecified atom stereocenters. The number of ether oxygens (including phenoxy) is 1. The van der Waals surface area contributed by atoms with Crippen molar-refractivity contribution < 1.29 is 18.3 Å². The van der Waals surface area contributed by atoms with E-state index in [1.807, 2.05) is 59.2 Å². The lowest BCUT2D eigenvalue weighted by atomic mass is 10.1. The zero-order valence-electron chi connectivity index (χ0n) is 18.1. The van der Waals surface area contributed by atoms with Crippen LogP contribution in [-0.2, 0) is 29.6 Å². The molecular formula is C25H22N4O4S. The van der Waals surface area contributed by atoms with Gasteiger partial charge in [0.2, 0.25) is 15.9 Å². The number of rotatable bonds is 7. The van der Waals surface area contributed by atoms with Crippen molar-refractivity contribution in [2.24, 2.45) is 5.14 Å². The third kappa shape index (κ3) is 4.24. The average molecular weight is 475 g/mol. The predicted molar refractivity (Wildman–Crippen MR) is 129 cm³/mol. The quantitative estimate of drug-likeness (QED) is 0.371. The predicted octanol–water partition coefficient (Wildman–Crippen LogP) is 3.76. The maximum absolute atomic E-state index is 11.5. The van der Waals surface area contributed by atoms with Crippen LogP contribution in [0.1, 0.15) is 11.4 Å². The van der Waals surface area contributed by atoms with Gasteiger partial charge in [0.15, 0.2) is 5.52 Å². The highest BCUT2D eigenvalue weighted by atomic mass is 32.2. The van der Waals surface area contributed by atoms with Crippen molar-refractivity contribution >= 4 is 32.0 Å². The van der Waals surface area contributed by atoms with Gasteiger partial charge in [-0.1, -0.05) is 48.5 Å². The fraction of sp³-hybridized carbons (Fsp3) is 0.120. The SMILES string of the molecule is NS(=O)(=O)c1ccc(CCn2c(CO)nc3c(Oc4ccccc4)nc4ccccc4c32)cc1. The number of hydrogen-bond acceptors (Lipinski definition) is 6. The lowest BCUT2D eigenvalue weighted by Crippen LogP contribution is -2.12. The maximum Gasteiger partial charge on any atom is 0.248 e. The first kappa shape index (κ1) is 22.0. The van der Waals surface area contributed by atoms with Crippen LogP contribution in [-0.4, -0.2) is 28.1 Å². The van der Waals surface area contributed by atoms with Crippen molar-refractivity contribution in [1.29, 1.82) is 0 Å². The molecule has 34 heavy (non-hydrogen) atoms. The van der Waals surface area contributed by atoms with Crippen molar-refractivity contribution in [2.45, 2.75) is 24.5 Å². The number of imidazole rings is 1. The first-order valence-electron chi connectivity index (χ1n) is 10.7. The van der Waals surface area contributed by atoms with Gasteiger partial charge < -0.3 is 14.4 Å². The van der Waals surface area contributed by atoms with Crippen LogP contribution in [0.5, 0.6) is 11.6 Å². The normalized spacial score (nSPS) is 11.8. The van der Waals surface area contributed by atoms with Gasteiger partial charge in [-0.05, 0) is 42.3 Å². The number of sulfonamides is 1. The molecule has 3 N–H and O–H groups in total. The van der Waals surface area contributed by atoms with E-state index in [2.05, 4.69) is 9.97 Å². The Labute approximate surface area is 196 Å². The summed E-state index contributed by atoms with van der Waals surface area (Å²) in [6, 6.07) is 23.5. The molecule has 0 aliphatic carbocycles. The fourth-order valence-electron chi connectivity index (χ4n) is 3.97. The van der Waals surface area contributed by atoms with Crippen LogP contribution in [0.25, 0.3) is 21.9 Å². The number of primary sulfonamides is 1. The molecule has 0 aliphatic rings. The van der Waals surface area contributed by atoms with E-state index in [9.17, 15) is 13.5 Å². The van der Waals surface area contributed by atoms with E-state index in [0.29, 0.717) is 35.9 Å². The summed E-state index contributed by atoms with van der Waals surface area (Å²) in [6.45, 7) is 0.262. The summed E-state index contributed by atoms with van der Waals surface area (Å²) in [4.78, 5) is 9.43. The number of nitrogens with zero attached hydrogens (tertiary/aromatic N) is 3. The van der Waals surface area contributed by atoms with Gasteiger partial charge in [-0.2, -0.15) is 0 Å². The number of aromatic nitrogens is 3. The summed E-state index contributed by atoms with van der Waals surface area (Å²) in [5.41, 5.74) is 3.07. The average Bonchev–Trinajstić information content (AvgIpc) is 3.22. The van der Waals surface area contributed by atoms with Crippen molar-refractivity contribution in [3.05, 3.63) is 90.3 Å². The molecule has 3 aromatic carbocycles. The minimum Gasteiger partial charge on any atom is -0.437 e. The van der Waals surface area contributed by atoms with Gasteiger partial charge >= 0.3 is 0 Å². The number of aryl methyl sites for hydroxylation is 2. The third-order valence-electron chi connectivity index (χ3n) is 5.61. The van der Waals surface area contributed by atoms with E-state index in [1.54, 1.807) is 12.1 Å². The molecule has 9 heteroatoms. The van der Waals surface area contributed by atoms with E-state index in [4.69, 9.17) is 9.88 Å². The highest BCUT2D eigenvalue weighted by molar-refractivity contribution is 7.89. The van der Waals surface area contributed by atoms with Gasteiger partial charge in [0, 0.05) is 11.9 Å². The highest BCUT2D eigenvalue weighted by Gasteiger charge is 2.19. The van der Waals surface area contributed by atoms with E-state index in [0.717, 1.165) is 22.0 Å². The largest absolute Gasteiger partial charge is 0.437 e. The lowest BCUT2D eigenvalue weighted by molar-refractivity contribution is 0.266. The topological polar surface area (TPSA) is 120 Å². The van der Waals surface area contributed by atoms with E-state index in [-0.39, 0.29) is 11.5 Å². The van der Waals surface area contributed by atoms with E-state index >= 15 is 0 Å². The Hall–Kier alpha value is -3.79. The molecule has 2 aromatic heterocycles. The molecule has 0 spiro atoms. The number of aliphatic hydroxyl groups is 1. The second-order valence-corrected chi connectivity index (χ2v) is 9.38. The molecular weight excluding hydrogens is 452 g/mol. The van der Waals surface area contributed by atoms with Crippen LogP contribution in [0, 0.1) is 0 Å². The fourth-order valence-corrected chi connectivity index (χ4v) is 4.49. The van der Waals surface area contributed by atoms with Crippen LogP contribution >= 0.6 is 0 Å². The van der Waals surface area contributed by atoms with E-state index < -0.39 is 10.0 Å². The summed E-state index contributed by atoms with van der Waals surface area (Å²) >= 11 is 0. The Balaban J connectivity index is 1.58. The summed E-state index contributed by atoms with van der Waals surface area (Å²) in [7, 11) is -3.74. The minimum absolute atomic E-state index is 0.0696. The molecule has 5 aromatic rings. The van der Waals surface area contributed by atoms with Crippen molar-refractivity contribution in [3.8, 4) is 11.6 Å². The zero-order chi connectivity index (χ0) is 23.7. The first-order chi connectivity index (χ1) is 16.4. The first-order valence-corrected chi connectivity index (χ1v) is 12.2. The molecule has 8 nitrogen and oxygen atoms in total. The third-order valence-corrected chi connectivity index (χ3v) is 6.53. The van der Waals surface area contributed by atoms with Gasteiger partial charge in [0.1, 0.15) is 18.2 Å². The molecule has 0 atom stereocenters. The highest BCUT2D eigenvalue weighted by Crippen LogP contribution is 2.34. The standard InChI is InChI=1S/C25H22N4O4S/c26-34(31,32)19-12-10-17(11-13-19)14-15-29-22(16-30)28-23-24(29)20-8-4-5-9-21(20)27-25(23)33-18-6-2-1-3-7-18/h1-13,30H,14-16H2,(H2,26,31,32). The van der Waals surface area contributed by atoms with Crippen LogP contribution in [0.3, 0.4) is 0 Å². The molecule has 2 heterocycles. The Kier molecular flexibility index (Phi) is 5.74. The van der Waals surface area contributed by atoms with Gasteiger partial charge in [0.25, 0.3) is 0 Å². The molecule has 0 radical (unpaired) electrons. The van der Waals surface area contributed by atoms with Crippen LogP contribution in [0.2, 0.25) is 0 Å². The van der Waals surface area contributed by atoms with Gasteiger partial charge in [-0.15, -0.1) is 0 Å².